The molecule has 0 aromatic carbocycles. The molecule has 0 aliphatic heterocycles. The monoisotopic (exact) mass is 228 g/mol. The molecule has 80 valence electrons. The molecule has 0 saturated heterocycles. The van der Waals surface area contributed by atoms with Crippen molar-refractivity contribution in [3.05, 3.63) is 50.9 Å². The molecule has 0 aliphatic carbocycles. The van der Waals surface area contributed by atoms with Crippen LogP contribution in [-0.4, -0.2) is 15.4 Å². The van der Waals surface area contributed by atoms with E-state index in [-0.39, 0.29) is 5.88 Å². The lowest BCUT2D eigenvalue weighted by molar-refractivity contribution is -0.386. The van der Waals surface area contributed by atoms with E-state index in [1.54, 1.807) is 0 Å². The number of aromatic nitrogens is 1. The predicted molar refractivity (Wildman–Crippen MR) is 57.2 cm³/mol. The summed E-state index contributed by atoms with van der Waals surface area (Å²) in [5, 5.41) is 10.5. The van der Waals surface area contributed by atoms with Crippen LogP contribution < -0.4 is 5.43 Å². The van der Waals surface area contributed by atoms with Gasteiger partial charge in [-0.25, -0.2) is 0 Å². The zero-order chi connectivity index (χ0) is 11.4. The number of nitro groups is 1. The fraction of sp³-hybridized carbons (Fsp3) is 0.222. The number of rotatable bonds is 4. The van der Waals surface area contributed by atoms with E-state index in [0.717, 1.165) is 11.6 Å². The number of hydrogen-bond donors (Lipinski definition) is 0. The lowest BCUT2D eigenvalue weighted by Gasteiger charge is -2.05. The molecule has 0 aliphatic rings. The van der Waals surface area contributed by atoms with Crippen LogP contribution in [0.25, 0.3) is 0 Å². The van der Waals surface area contributed by atoms with Crippen LogP contribution in [0.4, 0.5) is 5.69 Å². The summed E-state index contributed by atoms with van der Waals surface area (Å²) in [5.74, 6) is 0.278. The fourth-order valence-corrected chi connectivity index (χ4v) is 1.13. The van der Waals surface area contributed by atoms with Crippen molar-refractivity contribution in [1.29, 1.82) is 0 Å². The van der Waals surface area contributed by atoms with Gasteiger partial charge in [0.2, 0.25) is 0 Å². The maximum Gasteiger partial charge on any atom is 0.332 e. The third-order valence-electron chi connectivity index (χ3n) is 1.75. The zero-order valence-corrected chi connectivity index (χ0v) is 8.61. The summed E-state index contributed by atoms with van der Waals surface area (Å²) in [4.78, 5) is 20.8. The van der Waals surface area contributed by atoms with Crippen molar-refractivity contribution in [3.63, 3.8) is 0 Å². The van der Waals surface area contributed by atoms with Crippen molar-refractivity contribution in [3.8, 4) is 0 Å². The molecular weight excluding hydrogens is 220 g/mol. The topological polar surface area (TPSA) is 65.1 Å². The highest BCUT2D eigenvalue weighted by Gasteiger charge is 2.11. The molecule has 0 amide bonds. The van der Waals surface area contributed by atoms with Gasteiger partial charge in [0.15, 0.2) is 0 Å². The van der Waals surface area contributed by atoms with Gasteiger partial charge in [-0.05, 0) is 5.57 Å². The molecule has 6 heteroatoms. The Morgan fingerprint density at radius 2 is 2.33 bits per heavy atom. The van der Waals surface area contributed by atoms with Crippen LogP contribution in [0.3, 0.4) is 0 Å². The minimum atomic E-state index is -0.706. The van der Waals surface area contributed by atoms with Gasteiger partial charge in [-0.3, -0.25) is 14.9 Å². The lowest BCUT2D eigenvalue weighted by Crippen LogP contribution is -2.11. The number of nitrogens with zero attached hydrogens (tertiary/aromatic N) is 2. The van der Waals surface area contributed by atoms with Crippen LogP contribution in [-0.2, 0) is 6.54 Å². The Hall–Kier alpha value is -1.62. The summed E-state index contributed by atoms with van der Waals surface area (Å²) >= 11 is 5.53. The van der Waals surface area contributed by atoms with Gasteiger partial charge < -0.3 is 4.57 Å². The summed E-state index contributed by atoms with van der Waals surface area (Å²) < 4.78 is 1.50. The molecule has 5 nitrogen and oxygen atoms in total. The smallest absolute Gasteiger partial charge is 0.332 e. The highest BCUT2D eigenvalue weighted by Crippen LogP contribution is 2.05. The molecule has 0 unspecified atom stereocenters. The van der Waals surface area contributed by atoms with Gasteiger partial charge >= 0.3 is 5.69 Å². The summed E-state index contributed by atoms with van der Waals surface area (Å²) in [6, 6.07) is 1.15. The predicted octanol–water partition coefficient (Wildman–Crippen LogP) is 1.55. The first kappa shape index (κ1) is 11.5. The van der Waals surface area contributed by atoms with Crippen molar-refractivity contribution < 1.29 is 4.92 Å². The first-order chi connectivity index (χ1) is 7.04. The van der Waals surface area contributed by atoms with E-state index in [1.807, 2.05) is 0 Å². The molecule has 0 N–H and O–H groups in total. The molecule has 0 spiro atoms. The Kier molecular flexibility index (Phi) is 3.62. The Balaban J connectivity index is 3.03. The van der Waals surface area contributed by atoms with Gasteiger partial charge in [0.05, 0.1) is 11.1 Å². The van der Waals surface area contributed by atoms with Crippen LogP contribution in [0.15, 0.2) is 35.4 Å². The molecule has 1 rings (SSSR count). The molecule has 15 heavy (non-hydrogen) atoms. The number of alkyl halides is 1. The van der Waals surface area contributed by atoms with E-state index < -0.39 is 16.0 Å². The number of pyridine rings is 1. The molecule has 0 atom stereocenters. The Morgan fingerprint density at radius 3 is 2.87 bits per heavy atom. The second-order valence-electron chi connectivity index (χ2n) is 3.01. The van der Waals surface area contributed by atoms with Gasteiger partial charge in [-0.2, -0.15) is 0 Å². The molecule has 0 radical (unpaired) electrons. The van der Waals surface area contributed by atoms with Crippen molar-refractivity contribution >= 4 is 17.3 Å². The van der Waals surface area contributed by atoms with E-state index >= 15 is 0 Å². The van der Waals surface area contributed by atoms with Gasteiger partial charge in [0.1, 0.15) is 0 Å². The normalized spacial score (nSPS) is 9.93. The molecule has 1 aromatic rings. The van der Waals surface area contributed by atoms with Crippen LogP contribution >= 0.6 is 11.6 Å². The highest BCUT2D eigenvalue weighted by atomic mass is 35.5. The summed E-state index contributed by atoms with van der Waals surface area (Å²) in [6.45, 7) is 4.03. The SMILES string of the molecule is C=C(CCl)Cn1ccc(=O)c([N+](=O)[O-])c1. The third-order valence-corrected chi connectivity index (χ3v) is 2.13. The molecule has 0 saturated carbocycles. The van der Waals surface area contributed by atoms with E-state index in [2.05, 4.69) is 6.58 Å². The van der Waals surface area contributed by atoms with Crippen LogP contribution in [0, 0.1) is 10.1 Å². The standard InChI is InChI=1S/C9H9ClN2O3/c1-7(4-10)5-11-3-2-9(13)8(6-11)12(14)15/h2-3,6H,1,4-5H2. The van der Waals surface area contributed by atoms with E-state index in [1.165, 1.54) is 17.0 Å². The summed E-state index contributed by atoms with van der Waals surface area (Å²) in [5.41, 5.74) is -0.331. The molecule has 0 fully saturated rings. The fourth-order valence-electron chi connectivity index (χ4n) is 1.05. The van der Waals surface area contributed by atoms with Crippen LogP contribution in [0.5, 0.6) is 0 Å². The Labute approximate surface area is 90.7 Å². The average molecular weight is 229 g/mol. The minimum absolute atomic E-state index is 0.278. The van der Waals surface area contributed by atoms with Crippen molar-refractivity contribution in [2.45, 2.75) is 6.54 Å². The minimum Gasteiger partial charge on any atom is -0.344 e. The molecular formula is C9H9ClN2O3. The Bertz CT molecular complexity index is 453. The molecule has 0 bridgehead atoms. The van der Waals surface area contributed by atoms with Crippen molar-refractivity contribution in [2.24, 2.45) is 0 Å². The first-order valence-corrected chi connectivity index (χ1v) is 4.65. The third kappa shape index (κ3) is 2.92. The maximum atomic E-state index is 11.1. The number of halogens is 1. The summed E-state index contributed by atoms with van der Waals surface area (Å²) in [6.07, 6.45) is 2.65. The van der Waals surface area contributed by atoms with E-state index in [0.29, 0.717) is 6.54 Å². The second-order valence-corrected chi connectivity index (χ2v) is 3.27. The number of hydrogen-bond acceptors (Lipinski definition) is 3. The van der Waals surface area contributed by atoms with Gasteiger partial charge in [0.25, 0.3) is 5.43 Å². The summed E-state index contributed by atoms with van der Waals surface area (Å²) in [7, 11) is 0. The van der Waals surface area contributed by atoms with E-state index in [9.17, 15) is 14.9 Å². The zero-order valence-electron chi connectivity index (χ0n) is 7.85. The quantitative estimate of drug-likeness (QED) is 0.340. The average Bonchev–Trinajstić information content (AvgIpc) is 2.20. The lowest BCUT2D eigenvalue weighted by atomic mass is 10.3. The van der Waals surface area contributed by atoms with Gasteiger partial charge in [-0.1, -0.05) is 6.58 Å². The largest absolute Gasteiger partial charge is 0.344 e. The van der Waals surface area contributed by atoms with Crippen LogP contribution in [0.1, 0.15) is 0 Å². The van der Waals surface area contributed by atoms with E-state index in [4.69, 9.17) is 11.6 Å². The number of allylic oxidation sites excluding steroid dienone is 1. The molecule has 1 aromatic heterocycles. The van der Waals surface area contributed by atoms with Crippen molar-refractivity contribution in [2.75, 3.05) is 5.88 Å². The van der Waals surface area contributed by atoms with Gasteiger partial charge in [0, 0.05) is 24.7 Å². The Morgan fingerprint density at radius 1 is 1.67 bits per heavy atom. The second kappa shape index (κ2) is 4.75. The highest BCUT2D eigenvalue weighted by molar-refractivity contribution is 6.19. The van der Waals surface area contributed by atoms with Crippen molar-refractivity contribution in [1.82, 2.24) is 4.57 Å². The maximum absolute atomic E-state index is 11.1. The van der Waals surface area contributed by atoms with Crippen LogP contribution in [0.2, 0.25) is 0 Å². The molecule has 1 heterocycles. The van der Waals surface area contributed by atoms with Gasteiger partial charge in [-0.15, -0.1) is 11.6 Å². The first-order valence-electron chi connectivity index (χ1n) is 4.11.